The first kappa shape index (κ1) is 19.8. The summed E-state index contributed by atoms with van der Waals surface area (Å²) < 4.78 is 16.8. The first-order chi connectivity index (χ1) is 12.2. The van der Waals surface area contributed by atoms with Crippen LogP contribution < -0.4 is 9.47 Å². The molecular formula is C22H23ClO3. The van der Waals surface area contributed by atoms with Crippen LogP contribution in [-0.2, 0) is 10.3 Å². The number of rotatable bonds is 6. The van der Waals surface area contributed by atoms with Crippen molar-refractivity contribution in [2.24, 2.45) is 0 Å². The molecule has 0 saturated heterocycles. The van der Waals surface area contributed by atoms with Gasteiger partial charge in [-0.3, -0.25) is 0 Å². The van der Waals surface area contributed by atoms with Gasteiger partial charge in [-0.1, -0.05) is 54.6 Å². The molecule has 3 rings (SSSR count). The van der Waals surface area contributed by atoms with E-state index in [1.165, 1.54) is 0 Å². The topological polar surface area (TPSA) is 27.7 Å². The SMILES string of the molecule is COc1ccc(C(OC)(c2ccccc2)c2ccc(OC)cc2)cc1.Cl. The summed E-state index contributed by atoms with van der Waals surface area (Å²) in [5, 5.41) is 0. The van der Waals surface area contributed by atoms with Gasteiger partial charge in [-0.2, -0.15) is 0 Å². The summed E-state index contributed by atoms with van der Waals surface area (Å²) in [5.74, 6) is 1.63. The van der Waals surface area contributed by atoms with E-state index in [9.17, 15) is 0 Å². The maximum Gasteiger partial charge on any atom is 0.143 e. The van der Waals surface area contributed by atoms with E-state index in [0.717, 1.165) is 28.2 Å². The van der Waals surface area contributed by atoms with Crippen molar-refractivity contribution in [3.63, 3.8) is 0 Å². The van der Waals surface area contributed by atoms with Crippen LogP contribution in [0.3, 0.4) is 0 Å². The minimum atomic E-state index is -0.709. The van der Waals surface area contributed by atoms with E-state index in [1.54, 1.807) is 21.3 Å². The van der Waals surface area contributed by atoms with Gasteiger partial charge in [0.25, 0.3) is 0 Å². The Bertz CT molecular complexity index is 752. The summed E-state index contributed by atoms with van der Waals surface area (Å²) in [6.07, 6.45) is 0. The summed E-state index contributed by atoms with van der Waals surface area (Å²) in [6, 6.07) is 26.2. The van der Waals surface area contributed by atoms with Gasteiger partial charge in [-0.05, 0) is 41.0 Å². The van der Waals surface area contributed by atoms with Crippen LogP contribution >= 0.6 is 12.4 Å². The lowest BCUT2D eigenvalue weighted by Crippen LogP contribution is -2.31. The molecule has 0 heterocycles. The molecule has 3 nitrogen and oxygen atoms in total. The Kier molecular flexibility index (Phi) is 6.67. The van der Waals surface area contributed by atoms with Crippen molar-refractivity contribution in [3.05, 3.63) is 95.6 Å². The van der Waals surface area contributed by atoms with E-state index in [1.807, 2.05) is 66.7 Å². The first-order valence-corrected chi connectivity index (χ1v) is 8.14. The lowest BCUT2D eigenvalue weighted by molar-refractivity contribution is 0.0584. The van der Waals surface area contributed by atoms with Crippen LogP contribution in [0, 0.1) is 0 Å². The molecule has 0 unspecified atom stereocenters. The third-order valence-corrected chi connectivity index (χ3v) is 4.48. The van der Waals surface area contributed by atoms with Crippen LogP contribution in [0.15, 0.2) is 78.9 Å². The van der Waals surface area contributed by atoms with Crippen LogP contribution in [0.25, 0.3) is 0 Å². The monoisotopic (exact) mass is 370 g/mol. The van der Waals surface area contributed by atoms with E-state index >= 15 is 0 Å². The fraction of sp³-hybridized carbons (Fsp3) is 0.182. The summed E-state index contributed by atoms with van der Waals surface area (Å²) in [7, 11) is 5.07. The summed E-state index contributed by atoms with van der Waals surface area (Å²) in [5.41, 5.74) is 2.42. The second-order valence-electron chi connectivity index (χ2n) is 5.71. The standard InChI is InChI=1S/C22H22O3.ClH/c1-23-20-13-9-18(10-14-20)22(25-3,17-7-5-4-6-8-17)19-11-15-21(24-2)16-12-19;/h4-16H,1-3H3;1H. The average molecular weight is 371 g/mol. The minimum absolute atomic E-state index is 0. The minimum Gasteiger partial charge on any atom is -0.497 e. The molecule has 4 heteroatoms. The molecular weight excluding hydrogens is 348 g/mol. The number of halogens is 1. The molecule has 0 fully saturated rings. The lowest BCUT2D eigenvalue weighted by Gasteiger charge is -2.34. The van der Waals surface area contributed by atoms with Crippen molar-refractivity contribution in [1.29, 1.82) is 0 Å². The summed E-state index contributed by atoms with van der Waals surface area (Å²) in [4.78, 5) is 0. The quantitative estimate of drug-likeness (QED) is 0.567. The van der Waals surface area contributed by atoms with Gasteiger partial charge in [-0.15, -0.1) is 12.4 Å². The van der Waals surface area contributed by atoms with Crippen LogP contribution in [0.1, 0.15) is 16.7 Å². The van der Waals surface area contributed by atoms with E-state index in [-0.39, 0.29) is 12.4 Å². The molecule has 26 heavy (non-hydrogen) atoms. The van der Waals surface area contributed by atoms with E-state index in [0.29, 0.717) is 0 Å². The predicted octanol–water partition coefficient (Wildman–Crippen LogP) is 5.06. The van der Waals surface area contributed by atoms with Crippen molar-refractivity contribution in [3.8, 4) is 11.5 Å². The van der Waals surface area contributed by atoms with Crippen LogP contribution in [0.5, 0.6) is 11.5 Å². The summed E-state index contributed by atoms with van der Waals surface area (Å²) in [6.45, 7) is 0. The Morgan fingerprint density at radius 1 is 0.538 bits per heavy atom. The molecule has 0 radical (unpaired) electrons. The molecule has 0 saturated carbocycles. The number of ether oxygens (including phenoxy) is 3. The fourth-order valence-corrected chi connectivity index (χ4v) is 3.18. The van der Waals surface area contributed by atoms with Crippen LogP contribution in [0.2, 0.25) is 0 Å². The summed E-state index contributed by atoms with van der Waals surface area (Å²) >= 11 is 0. The smallest absolute Gasteiger partial charge is 0.143 e. The van der Waals surface area contributed by atoms with Gasteiger partial charge >= 0.3 is 0 Å². The number of hydrogen-bond acceptors (Lipinski definition) is 3. The van der Waals surface area contributed by atoms with Gasteiger partial charge in [0.1, 0.15) is 17.1 Å². The normalized spacial score (nSPS) is 10.7. The molecule has 136 valence electrons. The van der Waals surface area contributed by atoms with E-state index in [2.05, 4.69) is 12.1 Å². The van der Waals surface area contributed by atoms with Crippen molar-refractivity contribution < 1.29 is 14.2 Å². The Morgan fingerprint density at radius 3 is 1.27 bits per heavy atom. The zero-order valence-corrected chi connectivity index (χ0v) is 16.0. The van der Waals surface area contributed by atoms with Gasteiger partial charge in [0.05, 0.1) is 14.2 Å². The molecule has 0 bridgehead atoms. The Balaban J connectivity index is 0.00000243. The second-order valence-corrected chi connectivity index (χ2v) is 5.71. The van der Waals surface area contributed by atoms with Gasteiger partial charge in [0.15, 0.2) is 0 Å². The molecule has 3 aromatic carbocycles. The molecule has 0 aliphatic carbocycles. The van der Waals surface area contributed by atoms with Gasteiger partial charge in [-0.25, -0.2) is 0 Å². The Labute approximate surface area is 160 Å². The molecule has 0 aliphatic heterocycles. The van der Waals surface area contributed by atoms with Crippen molar-refractivity contribution in [2.75, 3.05) is 21.3 Å². The maximum atomic E-state index is 6.16. The van der Waals surface area contributed by atoms with Gasteiger partial charge in [0.2, 0.25) is 0 Å². The van der Waals surface area contributed by atoms with Crippen molar-refractivity contribution >= 4 is 12.4 Å². The lowest BCUT2D eigenvalue weighted by atomic mass is 9.80. The largest absolute Gasteiger partial charge is 0.497 e. The highest BCUT2D eigenvalue weighted by Crippen LogP contribution is 2.40. The van der Waals surface area contributed by atoms with Gasteiger partial charge in [0, 0.05) is 7.11 Å². The second kappa shape index (κ2) is 8.75. The number of methoxy groups -OCH3 is 3. The average Bonchev–Trinajstić information content (AvgIpc) is 2.71. The molecule has 0 N–H and O–H groups in total. The van der Waals surface area contributed by atoms with Gasteiger partial charge < -0.3 is 14.2 Å². The molecule has 0 atom stereocenters. The number of benzene rings is 3. The third-order valence-electron chi connectivity index (χ3n) is 4.48. The number of hydrogen-bond donors (Lipinski definition) is 0. The molecule has 0 aliphatic rings. The Hall–Kier alpha value is -2.49. The zero-order chi connectivity index (χ0) is 17.7. The van der Waals surface area contributed by atoms with Crippen molar-refractivity contribution in [2.45, 2.75) is 5.60 Å². The third kappa shape index (κ3) is 3.55. The highest BCUT2D eigenvalue weighted by Gasteiger charge is 2.36. The zero-order valence-electron chi connectivity index (χ0n) is 15.1. The van der Waals surface area contributed by atoms with E-state index in [4.69, 9.17) is 14.2 Å². The molecule has 3 aromatic rings. The fourth-order valence-electron chi connectivity index (χ4n) is 3.18. The predicted molar refractivity (Wildman–Crippen MR) is 107 cm³/mol. The van der Waals surface area contributed by atoms with E-state index < -0.39 is 5.60 Å². The molecule has 0 spiro atoms. The van der Waals surface area contributed by atoms with Crippen LogP contribution in [0.4, 0.5) is 0 Å². The van der Waals surface area contributed by atoms with Crippen molar-refractivity contribution in [1.82, 2.24) is 0 Å². The molecule has 0 aromatic heterocycles. The highest BCUT2D eigenvalue weighted by molar-refractivity contribution is 5.85. The van der Waals surface area contributed by atoms with Crippen LogP contribution in [-0.4, -0.2) is 21.3 Å². The highest BCUT2D eigenvalue weighted by atomic mass is 35.5. The Morgan fingerprint density at radius 2 is 0.923 bits per heavy atom. The first-order valence-electron chi connectivity index (χ1n) is 8.14. The molecule has 0 amide bonds. The maximum absolute atomic E-state index is 6.16.